The van der Waals surface area contributed by atoms with Crippen molar-refractivity contribution in [3.8, 4) is 17.6 Å². The van der Waals surface area contributed by atoms with Crippen molar-refractivity contribution < 1.29 is 24.3 Å². The highest BCUT2D eigenvalue weighted by Crippen LogP contribution is 2.28. The molecular formula is C23H22N2O5. The molecule has 4 rings (SSSR count). The van der Waals surface area contributed by atoms with Crippen LogP contribution in [0.1, 0.15) is 28.7 Å². The summed E-state index contributed by atoms with van der Waals surface area (Å²) in [6, 6.07) is 13.6. The van der Waals surface area contributed by atoms with Crippen LogP contribution in [0.4, 0.5) is 4.79 Å². The Morgan fingerprint density at radius 2 is 2.00 bits per heavy atom. The van der Waals surface area contributed by atoms with Gasteiger partial charge in [0.25, 0.3) is 5.91 Å². The van der Waals surface area contributed by atoms with E-state index < -0.39 is 12.0 Å². The minimum absolute atomic E-state index is 0.0172. The molecule has 7 nitrogen and oxygen atoms in total. The van der Waals surface area contributed by atoms with Crippen LogP contribution in [-0.4, -0.2) is 41.4 Å². The van der Waals surface area contributed by atoms with E-state index in [-0.39, 0.29) is 12.7 Å². The summed E-state index contributed by atoms with van der Waals surface area (Å²) in [6.07, 6.45) is 0.905. The molecule has 1 unspecified atom stereocenters. The maximum atomic E-state index is 12.3. The molecule has 154 valence electrons. The third-order valence-electron chi connectivity index (χ3n) is 5.30. The number of benzene rings is 2. The van der Waals surface area contributed by atoms with Crippen molar-refractivity contribution in [1.29, 1.82) is 0 Å². The molecule has 2 aromatic carbocycles. The molecule has 0 aromatic heterocycles. The highest BCUT2D eigenvalue weighted by Gasteiger charge is 2.26. The minimum Gasteiger partial charge on any atom is -0.480 e. The standard InChI is InChI=1S/C23H22N2O5/c26-22(24-28)21-10-8-18-14-16(7-9-20(18)30-21)4-3-13-29-23(27)25-12-11-17-5-1-2-6-19(17)15-25/h1-2,5-7,9,14,21,28H,8,10-13,15H2,(H,24,26). The van der Waals surface area contributed by atoms with E-state index in [0.717, 1.165) is 23.1 Å². The summed E-state index contributed by atoms with van der Waals surface area (Å²) >= 11 is 0. The average Bonchev–Trinajstić information content (AvgIpc) is 2.80. The molecule has 2 heterocycles. The predicted molar refractivity (Wildman–Crippen MR) is 108 cm³/mol. The van der Waals surface area contributed by atoms with E-state index in [2.05, 4.69) is 17.9 Å². The molecule has 0 radical (unpaired) electrons. The maximum Gasteiger partial charge on any atom is 0.411 e. The molecule has 2 aliphatic rings. The fourth-order valence-electron chi connectivity index (χ4n) is 3.70. The number of nitrogens with one attached hydrogen (secondary N) is 1. The number of aryl methyl sites for hydroxylation is 1. The Morgan fingerprint density at radius 3 is 2.83 bits per heavy atom. The van der Waals surface area contributed by atoms with Gasteiger partial charge < -0.3 is 14.4 Å². The first-order valence-corrected chi connectivity index (χ1v) is 9.85. The lowest BCUT2D eigenvalue weighted by atomic mass is 10.00. The third-order valence-corrected chi connectivity index (χ3v) is 5.30. The van der Waals surface area contributed by atoms with E-state index in [1.165, 1.54) is 5.56 Å². The van der Waals surface area contributed by atoms with Gasteiger partial charge in [-0.3, -0.25) is 10.0 Å². The van der Waals surface area contributed by atoms with E-state index in [0.29, 0.717) is 31.7 Å². The summed E-state index contributed by atoms with van der Waals surface area (Å²) in [4.78, 5) is 25.5. The summed E-state index contributed by atoms with van der Waals surface area (Å²) in [5, 5.41) is 8.73. The molecular weight excluding hydrogens is 384 g/mol. The van der Waals surface area contributed by atoms with E-state index in [1.54, 1.807) is 22.5 Å². The first-order valence-electron chi connectivity index (χ1n) is 9.85. The highest BCUT2D eigenvalue weighted by molar-refractivity contribution is 5.80. The lowest BCUT2D eigenvalue weighted by Gasteiger charge is -2.27. The van der Waals surface area contributed by atoms with E-state index in [1.807, 2.05) is 24.3 Å². The second-order valence-corrected chi connectivity index (χ2v) is 7.24. The summed E-state index contributed by atoms with van der Waals surface area (Å²) in [7, 11) is 0. The van der Waals surface area contributed by atoms with Crippen LogP contribution in [0.5, 0.6) is 5.75 Å². The van der Waals surface area contributed by atoms with Gasteiger partial charge in [0, 0.05) is 18.7 Å². The SMILES string of the molecule is O=C(NO)C1CCc2cc(C#CCOC(=O)N3CCc4ccccc4C3)ccc2O1. The van der Waals surface area contributed by atoms with Crippen molar-refractivity contribution >= 4 is 12.0 Å². The van der Waals surface area contributed by atoms with Crippen LogP contribution < -0.4 is 10.2 Å². The van der Waals surface area contributed by atoms with Gasteiger partial charge in [0.1, 0.15) is 5.75 Å². The van der Waals surface area contributed by atoms with Crippen molar-refractivity contribution in [3.05, 3.63) is 64.7 Å². The molecule has 2 aliphatic heterocycles. The van der Waals surface area contributed by atoms with Gasteiger partial charge in [-0.2, -0.15) is 0 Å². The zero-order valence-corrected chi connectivity index (χ0v) is 16.4. The quantitative estimate of drug-likeness (QED) is 0.454. The van der Waals surface area contributed by atoms with Crippen LogP contribution in [0, 0.1) is 11.8 Å². The first-order chi connectivity index (χ1) is 14.6. The van der Waals surface area contributed by atoms with Crippen molar-refractivity contribution in [2.24, 2.45) is 0 Å². The second-order valence-electron chi connectivity index (χ2n) is 7.24. The zero-order valence-electron chi connectivity index (χ0n) is 16.4. The lowest BCUT2D eigenvalue weighted by Crippen LogP contribution is -2.38. The topological polar surface area (TPSA) is 88.1 Å². The van der Waals surface area contributed by atoms with Gasteiger partial charge >= 0.3 is 6.09 Å². The number of rotatable bonds is 2. The monoisotopic (exact) mass is 406 g/mol. The number of fused-ring (bicyclic) bond motifs is 2. The molecule has 0 fully saturated rings. The van der Waals surface area contributed by atoms with Gasteiger partial charge in [0.05, 0.1) is 0 Å². The first kappa shape index (κ1) is 19.8. The molecule has 0 spiro atoms. The number of hydrogen-bond donors (Lipinski definition) is 2. The van der Waals surface area contributed by atoms with E-state index in [9.17, 15) is 9.59 Å². The van der Waals surface area contributed by atoms with Crippen LogP contribution >= 0.6 is 0 Å². The largest absolute Gasteiger partial charge is 0.480 e. The van der Waals surface area contributed by atoms with Crippen molar-refractivity contribution in [2.75, 3.05) is 13.2 Å². The molecule has 2 amide bonds. The van der Waals surface area contributed by atoms with E-state index in [4.69, 9.17) is 14.7 Å². The molecule has 2 aromatic rings. The summed E-state index contributed by atoms with van der Waals surface area (Å²) in [6.45, 7) is 1.22. The number of carbonyl (C=O) groups excluding carboxylic acids is 2. The second kappa shape index (κ2) is 8.89. The van der Waals surface area contributed by atoms with Crippen LogP contribution in [0.25, 0.3) is 0 Å². The summed E-state index contributed by atoms with van der Waals surface area (Å²) in [5.41, 5.74) is 5.79. The summed E-state index contributed by atoms with van der Waals surface area (Å²) < 4.78 is 10.9. The Kier molecular flexibility index (Phi) is 5.87. The molecule has 0 bridgehead atoms. The normalized spacial score (nSPS) is 16.8. The van der Waals surface area contributed by atoms with Crippen LogP contribution in [0.3, 0.4) is 0 Å². The Hall–Kier alpha value is -3.50. The smallest absolute Gasteiger partial charge is 0.411 e. The Morgan fingerprint density at radius 1 is 1.17 bits per heavy atom. The molecule has 7 heteroatoms. The van der Waals surface area contributed by atoms with Crippen molar-refractivity contribution in [3.63, 3.8) is 0 Å². The number of carbonyl (C=O) groups is 2. The predicted octanol–water partition coefficient (Wildman–Crippen LogP) is 2.43. The molecule has 2 N–H and O–H groups in total. The minimum atomic E-state index is -0.694. The van der Waals surface area contributed by atoms with Gasteiger partial charge in [-0.05, 0) is 54.2 Å². The van der Waals surface area contributed by atoms with Crippen molar-refractivity contribution in [1.82, 2.24) is 10.4 Å². The number of nitrogens with zero attached hydrogens (tertiary/aromatic N) is 1. The van der Waals surface area contributed by atoms with Gasteiger partial charge in [0.15, 0.2) is 12.7 Å². The fourth-order valence-corrected chi connectivity index (χ4v) is 3.70. The maximum absolute atomic E-state index is 12.3. The number of hydrogen-bond acceptors (Lipinski definition) is 5. The number of ether oxygens (including phenoxy) is 2. The van der Waals surface area contributed by atoms with Gasteiger partial charge in [0.2, 0.25) is 0 Å². The third kappa shape index (κ3) is 4.39. The Bertz CT molecular complexity index is 1020. The average molecular weight is 406 g/mol. The molecule has 0 aliphatic carbocycles. The van der Waals surface area contributed by atoms with E-state index >= 15 is 0 Å². The molecule has 1 atom stereocenters. The molecule has 30 heavy (non-hydrogen) atoms. The fraction of sp³-hybridized carbons (Fsp3) is 0.304. The van der Waals surface area contributed by atoms with Crippen LogP contribution in [0.2, 0.25) is 0 Å². The van der Waals surface area contributed by atoms with Crippen LogP contribution in [0.15, 0.2) is 42.5 Å². The molecule has 0 saturated carbocycles. The number of amides is 2. The summed E-state index contributed by atoms with van der Waals surface area (Å²) in [5.74, 6) is 5.93. The molecule has 0 saturated heterocycles. The van der Waals surface area contributed by atoms with Gasteiger partial charge in [-0.15, -0.1) is 0 Å². The zero-order chi connectivity index (χ0) is 20.9. The number of hydroxylamine groups is 1. The highest BCUT2D eigenvalue weighted by atomic mass is 16.6. The van der Waals surface area contributed by atoms with Crippen molar-refractivity contribution in [2.45, 2.75) is 31.9 Å². The Labute approximate surface area is 174 Å². The van der Waals surface area contributed by atoms with Crippen LogP contribution in [-0.2, 0) is 28.9 Å². The van der Waals surface area contributed by atoms with Gasteiger partial charge in [-0.1, -0.05) is 36.1 Å². The van der Waals surface area contributed by atoms with Gasteiger partial charge in [-0.25, -0.2) is 10.3 Å². The Balaban J connectivity index is 1.30. The lowest BCUT2D eigenvalue weighted by molar-refractivity contribution is -0.137.